The highest BCUT2D eigenvalue weighted by Crippen LogP contribution is 2.18. The summed E-state index contributed by atoms with van der Waals surface area (Å²) >= 11 is 0. The maximum atomic E-state index is 11.9. The molecule has 0 saturated heterocycles. The summed E-state index contributed by atoms with van der Waals surface area (Å²) < 4.78 is 1.40. The molecule has 0 aliphatic heterocycles. The first-order valence-corrected chi connectivity index (χ1v) is 7.33. The second-order valence-corrected chi connectivity index (χ2v) is 5.39. The normalized spacial score (nSPS) is 12.4. The molecule has 22 heavy (non-hydrogen) atoms. The Labute approximate surface area is 130 Å². The number of amides is 1. The lowest BCUT2D eigenvalue weighted by atomic mass is 10.0. The van der Waals surface area contributed by atoms with Gasteiger partial charge >= 0.3 is 0 Å². The fourth-order valence-corrected chi connectivity index (χ4v) is 2.24. The van der Waals surface area contributed by atoms with Gasteiger partial charge in [-0.1, -0.05) is 31.2 Å². The topological polar surface area (TPSA) is 75.9 Å². The van der Waals surface area contributed by atoms with Crippen LogP contribution in [0.1, 0.15) is 24.1 Å². The molecular weight excluding hydrogens is 280 g/mol. The average molecular weight is 302 g/mol. The predicted octanol–water partition coefficient (Wildman–Crippen LogP) is 0.655. The number of benzene rings is 1. The number of hydrogen-bond acceptors (Lipinski definition) is 5. The Bertz CT molecular complexity index is 579. The lowest BCUT2D eigenvalue weighted by Gasteiger charge is -2.25. The van der Waals surface area contributed by atoms with Crippen LogP contribution in [0.4, 0.5) is 0 Å². The summed E-state index contributed by atoms with van der Waals surface area (Å²) in [6.07, 6.45) is 2.45. The van der Waals surface area contributed by atoms with Crippen molar-refractivity contribution in [1.29, 1.82) is 0 Å². The standard InChI is InChI=1S/C15H22N6O/c1-4-12-5-7-13(8-6-12)14(20(2)3)9-16-15(22)10-21-11-17-18-19-21/h5-8,11,14H,4,9-10H2,1-3H3,(H,16,22)/t14-/m1/s1. The zero-order chi connectivity index (χ0) is 15.9. The van der Waals surface area contributed by atoms with E-state index in [0.717, 1.165) is 6.42 Å². The number of rotatable bonds is 7. The van der Waals surface area contributed by atoms with Crippen LogP contribution in [-0.2, 0) is 17.8 Å². The number of nitrogens with zero attached hydrogens (tertiary/aromatic N) is 5. The largest absolute Gasteiger partial charge is 0.353 e. The lowest BCUT2D eigenvalue weighted by molar-refractivity contribution is -0.122. The van der Waals surface area contributed by atoms with Crippen LogP contribution < -0.4 is 5.32 Å². The van der Waals surface area contributed by atoms with E-state index < -0.39 is 0 Å². The van der Waals surface area contributed by atoms with Gasteiger partial charge in [-0.25, -0.2) is 4.68 Å². The Balaban J connectivity index is 1.95. The van der Waals surface area contributed by atoms with E-state index in [0.29, 0.717) is 6.54 Å². The van der Waals surface area contributed by atoms with Crippen molar-refractivity contribution < 1.29 is 4.79 Å². The Morgan fingerprint density at radius 2 is 2.05 bits per heavy atom. The van der Waals surface area contributed by atoms with Crippen molar-refractivity contribution in [1.82, 2.24) is 30.4 Å². The Morgan fingerprint density at radius 1 is 1.32 bits per heavy atom. The molecule has 1 heterocycles. The van der Waals surface area contributed by atoms with Crippen LogP contribution in [0, 0.1) is 0 Å². The molecule has 0 aliphatic carbocycles. The Kier molecular flexibility index (Phi) is 5.60. The summed E-state index contributed by atoms with van der Waals surface area (Å²) in [5, 5.41) is 13.6. The number of aryl methyl sites for hydroxylation is 1. The van der Waals surface area contributed by atoms with Crippen LogP contribution in [0.15, 0.2) is 30.6 Å². The molecule has 1 amide bonds. The summed E-state index contributed by atoms with van der Waals surface area (Å²) in [5.74, 6) is -0.107. The van der Waals surface area contributed by atoms with Crippen molar-refractivity contribution in [3.8, 4) is 0 Å². The van der Waals surface area contributed by atoms with E-state index in [1.807, 2.05) is 14.1 Å². The quantitative estimate of drug-likeness (QED) is 0.813. The molecule has 0 unspecified atom stereocenters. The van der Waals surface area contributed by atoms with E-state index in [4.69, 9.17) is 0 Å². The first-order valence-electron chi connectivity index (χ1n) is 7.33. The van der Waals surface area contributed by atoms with E-state index in [9.17, 15) is 4.79 Å². The molecule has 1 atom stereocenters. The monoisotopic (exact) mass is 302 g/mol. The second-order valence-electron chi connectivity index (χ2n) is 5.39. The number of tetrazole rings is 1. The maximum Gasteiger partial charge on any atom is 0.241 e. The van der Waals surface area contributed by atoms with Gasteiger partial charge in [0.25, 0.3) is 0 Å². The molecule has 0 fully saturated rings. The number of hydrogen-bond donors (Lipinski definition) is 1. The first-order chi connectivity index (χ1) is 10.6. The fraction of sp³-hybridized carbons (Fsp3) is 0.467. The van der Waals surface area contributed by atoms with Crippen molar-refractivity contribution >= 4 is 5.91 Å². The molecular formula is C15H22N6O. The summed E-state index contributed by atoms with van der Waals surface area (Å²) in [4.78, 5) is 14.0. The van der Waals surface area contributed by atoms with Crippen molar-refractivity contribution in [3.63, 3.8) is 0 Å². The smallest absolute Gasteiger partial charge is 0.241 e. The third-order valence-corrected chi connectivity index (χ3v) is 3.59. The molecule has 7 nitrogen and oxygen atoms in total. The van der Waals surface area contributed by atoms with E-state index in [1.165, 1.54) is 22.1 Å². The molecule has 118 valence electrons. The lowest BCUT2D eigenvalue weighted by Crippen LogP contribution is -2.36. The van der Waals surface area contributed by atoms with Crippen molar-refractivity contribution in [2.75, 3.05) is 20.6 Å². The number of carbonyl (C=O) groups excluding carboxylic acids is 1. The molecule has 2 rings (SSSR count). The maximum absolute atomic E-state index is 11.9. The SMILES string of the molecule is CCc1ccc([C@@H](CNC(=O)Cn2cnnn2)N(C)C)cc1. The van der Waals surface area contributed by atoms with Crippen LogP contribution in [-0.4, -0.2) is 51.7 Å². The Hall–Kier alpha value is -2.28. The number of carbonyl (C=O) groups is 1. The van der Waals surface area contributed by atoms with Crippen molar-refractivity contribution in [2.45, 2.75) is 25.9 Å². The third kappa shape index (κ3) is 4.36. The van der Waals surface area contributed by atoms with Gasteiger partial charge < -0.3 is 10.2 Å². The van der Waals surface area contributed by atoms with E-state index >= 15 is 0 Å². The van der Waals surface area contributed by atoms with Gasteiger partial charge in [0.15, 0.2) is 0 Å². The molecule has 1 aromatic carbocycles. The third-order valence-electron chi connectivity index (χ3n) is 3.59. The predicted molar refractivity (Wildman–Crippen MR) is 83.1 cm³/mol. The number of nitrogens with one attached hydrogen (secondary N) is 1. The van der Waals surface area contributed by atoms with Crippen LogP contribution in [0.5, 0.6) is 0 Å². The van der Waals surface area contributed by atoms with Crippen molar-refractivity contribution in [3.05, 3.63) is 41.7 Å². The van der Waals surface area contributed by atoms with Crippen LogP contribution in [0.25, 0.3) is 0 Å². The molecule has 0 aliphatic rings. The van der Waals surface area contributed by atoms with Gasteiger partial charge in [-0.2, -0.15) is 0 Å². The van der Waals surface area contributed by atoms with Crippen LogP contribution >= 0.6 is 0 Å². The molecule has 1 aromatic heterocycles. The van der Waals surface area contributed by atoms with Gasteiger partial charge in [-0.05, 0) is 42.1 Å². The van der Waals surface area contributed by atoms with Gasteiger partial charge in [0.1, 0.15) is 12.9 Å². The summed E-state index contributed by atoms with van der Waals surface area (Å²) in [7, 11) is 4.01. The number of aromatic nitrogens is 4. The minimum atomic E-state index is -0.107. The van der Waals surface area contributed by atoms with Crippen LogP contribution in [0.2, 0.25) is 0 Å². The minimum Gasteiger partial charge on any atom is -0.353 e. The zero-order valence-corrected chi connectivity index (χ0v) is 13.2. The molecule has 0 bridgehead atoms. The van der Waals surface area contributed by atoms with E-state index in [2.05, 4.69) is 56.9 Å². The van der Waals surface area contributed by atoms with Gasteiger partial charge in [0, 0.05) is 6.54 Å². The molecule has 2 aromatic rings. The van der Waals surface area contributed by atoms with E-state index in [1.54, 1.807) is 0 Å². The molecule has 0 radical (unpaired) electrons. The minimum absolute atomic E-state index is 0.107. The first kappa shape index (κ1) is 16.1. The van der Waals surface area contributed by atoms with Gasteiger partial charge in [-0.15, -0.1) is 5.10 Å². The zero-order valence-electron chi connectivity index (χ0n) is 13.2. The van der Waals surface area contributed by atoms with Gasteiger partial charge in [0.2, 0.25) is 5.91 Å². The summed E-state index contributed by atoms with van der Waals surface area (Å²) in [6, 6.07) is 8.64. The second kappa shape index (κ2) is 7.65. The van der Waals surface area contributed by atoms with Gasteiger partial charge in [-0.3, -0.25) is 4.79 Å². The average Bonchev–Trinajstić information content (AvgIpc) is 3.00. The summed E-state index contributed by atoms with van der Waals surface area (Å²) in [5.41, 5.74) is 2.49. The highest BCUT2D eigenvalue weighted by Gasteiger charge is 2.15. The van der Waals surface area contributed by atoms with E-state index in [-0.39, 0.29) is 18.5 Å². The Morgan fingerprint density at radius 3 is 2.59 bits per heavy atom. The highest BCUT2D eigenvalue weighted by atomic mass is 16.2. The summed E-state index contributed by atoms with van der Waals surface area (Å²) in [6.45, 7) is 2.80. The number of likely N-dealkylation sites (N-methyl/N-ethyl adjacent to an activating group) is 1. The molecule has 1 N–H and O–H groups in total. The molecule has 0 saturated carbocycles. The van der Waals surface area contributed by atoms with Gasteiger partial charge in [0.05, 0.1) is 6.04 Å². The highest BCUT2D eigenvalue weighted by molar-refractivity contribution is 5.75. The molecule has 0 spiro atoms. The molecule has 7 heteroatoms. The fourth-order valence-electron chi connectivity index (χ4n) is 2.24. The van der Waals surface area contributed by atoms with Crippen molar-refractivity contribution in [2.24, 2.45) is 0 Å². The van der Waals surface area contributed by atoms with Crippen LogP contribution in [0.3, 0.4) is 0 Å².